The first kappa shape index (κ1) is 26.0. The second kappa shape index (κ2) is 10.3. The number of carbonyl (C=O) groups excluding carboxylic acids is 1. The molecule has 8 nitrogen and oxygen atoms in total. The van der Waals surface area contributed by atoms with Gasteiger partial charge in [0.15, 0.2) is 11.6 Å². The molecule has 0 fully saturated rings. The third-order valence-corrected chi connectivity index (χ3v) is 6.03. The number of pyridine rings is 1. The number of sulfonamides is 1. The van der Waals surface area contributed by atoms with Crippen molar-refractivity contribution in [3.63, 3.8) is 0 Å². The first-order valence-electron chi connectivity index (χ1n) is 10.5. The molecule has 2 aromatic carbocycles. The van der Waals surface area contributed by atoms with Gasteiger partial charge in [0.1, 0.15) is 11.7 Å². The van der Waals surface area contributed by atoms with Crippen LogP contribution in [0.15, 0.2) is 53.4 Å². The molecule has 0 spiro atoms. The summed E-state index contributed by atoms with van der Waals surface area (Å²) in [6.45, 7) is 3.60. The van der Waals surface area contributed by atoms with Crippen molar-refractivity contribution in [3.05, 3.63) is 66.1 Å². The number of halogens is 3. The third-order valence-electron chi connectivity index (χ3n) is 5.06. The third kappa shape index (κ3) is 6.08. The van der Waals surface area contributed by atoms with E-state index in [9.17, 15) is 26.4 Å². The van der Waals surface area contributed by atoms with Gasteiger partial charge in [-0.15, -0.1) is 0 Å². The highest BCUT2D eigenvalue weighted by Gasteiger charge is 2.26. The molecule has 3 rings (SSSR count). The molecule has 0 aliphatic heterocycles. The van der Waals surface area contributed by atoms with Gasteiger partial charge in [-0.05, 0) is 36.1 Å². The van der Waals surface area contributed by atoms with Crippen molar-refractivity contribution in [3.8, 4) is 11.1 Å². The number of rotatable bonds is 8. The second-order valence-corrected chi connectivity index (χ2v) is 9.75. The number of aromatic nitrogens is 1. The number of primary sulfonamides is 1. The number of anilines is 3. The Labute approximate surface area is 200 Å². The van der Waals surface area contributed by atoms with Gasteiger partial charge in [0, 0.05) is 11.3 Å². The highest BCUT2D eigenvalue weighted by Crippen LogP contribution is 2.29. The lowest BCUT2D eigenvalue weighted by Crippen LogP contribution is -2.36. The van der Waals surface area contributed by atoms with E-state index in [1.54, 1.807) is 44.2 Å². The van der Waals surface area contributed by atoms with Gasteiger partial charge >= 0.3 is 0 Å². The van der Waals surface area contributed by atoms with Crippen molar-refractivity contribution >= 4 is 33.1 Å². The van der Waals surface area contributed by atoms with Gasteiger partial charge in [0.25, 0.3) is 5.95 Å². The second-order valence-electron chi connectivity index (χ2n) is 8.23. The zero-order valence-corrected chi connectivity index (χ0v) is 19.7. The molecule has 1 amide bonds. The minimum Gasteiger partial charge on any atom is -0.381 e. The highest BCUT2D eigenvalue weighted by atomic mass is 32.2. The predicted octanol–water partition coefficient (Wildman–Crippen LogP) is 3.86. The molecule has 0 saturated carbocycles. The van der Waals surface area contributed by atoms with E-state index < -0.39 is 51.1 Å². The zero-order chi connectivity index (χ0) is 25.9. The van der Waals surface area contributed by atoms with Crippen LogP contribution in [0.25, 0.3) is 11.1 Å². The zero-order valence-electron chi connectivity index (χ0n) is 18.8. The van der Waals surface area contributed by atoms with Crippen LogP contribution in [0.5, 0.6) is 0 Å². The lowest BCUT2D eigenvalue weighted by molar-refractivity contribution is -0.117. The number of carbonyl (C=O) groups is 1. The summed E-state index contributed by atoms with van der Waals surface area (Å²) in [5, 5.41) is 10.3. The number of benzene rings is 2. The SMILES string of the molecule is CC(C)C[C@H](Nc1c(F)c(N)nc(F)c1F)C(=O)Nc1ccc(-c2ccccc2S(N)(=O)=O)cc1. The topological polar surface area (TPSA) is 140 Å². The fourth-order valence-corrected chi connectivity index (χ4v) is 4.21. The van der Waals surface area contributed by atoms with E-state index in [2.05, 4.69) is 15.6 Å². The van der Waals surface area contributed by atoms with Gasteiger partial charge in [0.2, 0.25) is 21.7 Å². The van der Waals surface area contributed by atoms with Crippen molar-refractivity contribution < 1.29 is 26.4 Å². The van der Waals surface area contributed by atoms with E-state index >= 15 is 0 Å². The van der Waals surface area contributed by atoms with Gasteiger partial charge in [0.05, 0.1) is 4.90 Å². The molecule has 1 aromatic heterocycles. The maximum Gasteiger partial charge on any atom is 0.253 e. The van der Waals surface area contributed by atoms with E-state index in [1.165, 1.54) is 18.2 Å². The van der Waals surface area contributed by atoms with E-state index in [1.807, 2.05) is 0 Å². The summed E-state index contributed by atoms with van der Waals surface area (Å²) in [7, 11) is -3.96. The molecule has 0 aliphatic rings. The summed E-state index contributed by atoms with van der Waals surface area (Å²) >= 11 is 0. The first-order chi connectivity index (χ1) is 16.4. The maximum atomic E-state index is 14.3. The molecule has 3 aromatic rings. The maximum absolute atomic E-state index is 14.3. The molecule has 0 unspecified atom stereocenters. The summed E-state index contributed by atoms with van der Waals surface area (Å²) in [6, 6.07) is 11.3. The van der Waals surface area contributed by atoms with Crippen LogP contribution in [0.3, 0.4) is 0 Å². The molecule has 186 valence electrons. The molecular formula is C23H24F3N5O3S. The Balaban J connectivity index is 1.85. The lowest BCUT2D eigenvalue weighted by Gasteiger charge is -2.22. The molecule has 12 heteroatoms. The number of hydrogen-bond acceptors (Lipinski definition) is 6. The van der Waals surface area contributed by atoms with Crippen molar-refractivity contribution in [2.75, 3.05) is 16.4 Å². The van der Waals surface area contributed by atoms with E-state index in [4.69, 9.17) is 10.9 Å². The van der Waals surface area contributed by atoms with Crippen LogP contribution in [-0.4, -0.2) is 25.4 Å². The van der Waals surface area contributed by atoms with Gasteiger partial charge < -0.3 is 16.4 Å². The van der Waals surface area contributed by atoms with Crippen LogP contribution in [0.1, 0.15) is 20.3 Å². The Morgan fingerprint density at radius 3 is 2.26 bits per heavy atom. The Bertz CT molecular complexity index is 1320. The summed E-state index contributed by atoms with van der Waals surface area (Å²) in [5.41, 5.74) is 5.66. The average molecular weight is 508 g/mol. The summed E-state index contributed by atoms with van der Waals surface area (Å²) in [5.74, 6) is -6.02. The molecule has 1 atom stereocenters. The lowest BCUT2D eigenvalue weighted by atomic mass is 10.0. The summed E-state index contributed by atoms with van der Waals surface area (Å²) < 4.78 is 65.9. The van der Waals surface area contributed by atoms with Crippen LogP contribution in [-0.2, 0) is 14.8 Å². The number of hydrogen-bond donors (Lipinski definition) is 4. The van der Waals surface area contributed by atoms with Gasteiger partial charge in [-0.1, -0.05) is 44.2 Å². The molecule has 6 N–H and O–H groups in total. The number of amides is 1. The Morgan fingerprint density at radius 2 is 1.66 bits per heavy atom. The molecule has 0 bridgehead atoms. The first-order valence-corrected chi connectivity index (χ1v) is 12.0. The van der Waals surface area contributed by atoms with Crippen molar-refractivity contribution in [1.82, 2.24) is 4.98 Å². The quantitative estimate of drug-likeness (QED) is 0.341. The van der Waals surface area contributed by atoms with Crippen molar-refractivity contribution in [2.24, 2.45) is 11.1 Å². The van der Waals surface area contributed by atoms with Crippen molar-refractivity contribution in [2.45, 2.75) is 31.2 Å². The molecule has 0 radical (unpaired) electrons. The molecule has 1 heterocycles. The van der Waals surface area contributed by atoms with Gasteiger partial charge in [-0.2, -0.15) is 13.8 Å². The fourth-order valence-electron chi connectivity index (χ4n) is 3.45. The van der Waals surface area contributed by atoms with Gasteiger partial charge in [-0.3, -0.25) is 4.79 Å². The predicted molar refractivity (Wildman–Crippen MR) is 127 cm³/mol. The van der Waals surface area contributed by atoms with E-state index in [0.29, 0.717) is 16.8 Å². The minimum atomic E-state index is -3.96. The van der Waals surface area contributed by atoms with Crippen LogP contribution in [0, 0.1) is 23.5 Å². The minimum absolute atomic E-state index is 0.0501. The van der Waals surface area contributed by atoms with Crippen LogP contribution in [0.4, 0.5) is 30.4 Å². The number of nitrogens with one attached hydrogen (secondary N) is 2. The van der Waals surface area contributed by atoms with E-state index in [0.717, 1.165) is 0 Å². The fraction of sp³-hybridized carbons (Fsp3) is 0.217. The molecule has 35 heavy (non-hydrogen) atoms. The highest BCUT2D eigenvalue weighted by molar-refractivity contribution is 7.89. The molecule has 0 aliphatic carbocycles. The monoisotopic (exact) mass is 507 g/mol. The van der Waals surface area contributed by atoms with E-state index in [-0.39, 0.29) is 17.2 Å². The number of nitrogen functional groups attached to an aromatic ring is 1. The molecule has 0 saturated heterocycles. The van der Waals surface area contributed by atoms with Crippen molar-refractivity contribution in [1.29, 1.82) is 0 Å². The number of nitrogens with two attached hydrogens (primary N) is 2. The van der Waals surface area contributed by atoms with Gasteiger partial charge in [-0.25, -0.2) is 17.9 Å². The molecular weight excluding hydrogens is 483 g/mol. The average Bonchev–Trinajstić information content (AvgIpc) is 2.79. The largest absolute Gasteiger partial charge is 0.381 e. The Morgan fingerprint density at radius 1 is 1.03 bits per heavy atom. The normalized spacial score (nSPS) is 12.4. The summed E-state index contributed by atoms with van der Waals surface area (Å²) in [6.07, 6.45) is 0.161. The Hall–Kier alpha value is -3.64. The summed E-state index contributed by atoms with van der Waals surface area (Å²) in [4.78, 5) is 15.8. The standard InChI is InChI=1S/C23H24F3N5O3S/c1-12(2)11-16(30-20-18(24)21(26)31-22(27)19(20)25)23(32)29-14-9-7-13(8-10-14)15-5-3-4-6-17(15)35(28,33)34/h3-10,12,16H,11H2,1-2H3,(H,29,32)(H3,27,30,31)(H2,28,33,34)/t16-/m0/s1. The van der Waals surface area contributed by atoms with Crippen LogP contribution in [0.2, 0.25) is 0 Å². The Kier molecular flexibility index (Phi) is 7.66. The number of nitrogens with zero attached hydrogens (tertiary/aromatic N) is 1. The smallest absolute Gasteiger partial charge is 0.253 e. The van der Waals surface area contributed by atoms with Crippen LogP contribution < -0.4 is 21.5 Å². The van der Waals surface area contributed by atoms with Crippen LogP contribution >= 0.6 is 0 Å².